The van der Waals surface area contributed by atoms with E-state index in [2.05, 4.69) is 4.98 Å². The van der Waals surface area contributed by atoms with E-state index in [1.54, 1.807) is 13.8 Å². The van der Waals surface area contributed by atoms with Crippen LogP contribution in [-0.2, 0) is 21.5 Å². The van der Waals surface area contributed by atoms with Crippen LogP contribution in [0.4, 0.5) is 4.39 Å². The Kier molecular flexibility index (Phi) is 3.56. The van der Waals surface area contributed by atoms with Crippen molar-refractivity contribution in [1.29, 1.82) is 0 Å². The number of hydrogen-bond donors (Lipinski definition) is 1. The average Bonchev–Trinajstić information content (AvgIpc) is 2.99. The highest BCUT2D eigenvalue weighted by Gasteiger charge is 2.53. The molecule has 4 rings (SSSR count). The quantitative estimate of drug-likeness (QED) is 0.829. The van der Waals surface area contributed by atoms with Gasteiger partial charge >= 0.3 is 7.12 Å². The number of aliphatic hydroxyl groups is 1. The minimum atomic E-state index is -1.19. The normalized spacial score (nSPS) is 21.3. The molecule has 0 atom stereocenters. The first-order valence-corrected chi connectivity index (χ1v) is 8.86. The monoisotopic (exact) mass is 362 g/mol. The van der Waals surface area contributed by atoms with Gasteiger partial charge in [0.1, 0.15) is 34.8 Å². The number of benzene rings is 1. The summed E-state index contributed by atoms with van der Waals surface area (Å²) in [5.41, 5.74) is -1.02. The second-order valence-electron chi connectivity index (χ2n) is 8.56. The van der Waals surface area contributed by atoms with Crippen molar-refractivity contribution in [2.45, 2.75) is 64.9 Å². The lowest BCUT2D eigenvalue weighted by Crippen LogP contribution is -2.41. The lowest BCUT2D eigenvalue weighted by molar-refractivity contribution is 0.00578. The molecule has 0 bridgehead atoms. The van der Waals surface area contributed by atoms with Gasteiger partial charge in [-0.25, -0.2) is 9.37 Å². The van der Waals surface area contributed by atoms with E-state index in [1.807, 2.05) is 32.3 Å². The maximum absolute atomic E-state index is 14.9. The van der Waals surface area contributed by atoms with Gasteiger partial charge in [-0.2, -0.15) is 0 Å². The van der Waals surface area contributed by atoms with E-state index in [4.69, 9.17) is 14.0 Å². The molecule has 0 unspecified atom stereocenters. The first-order chi connectivity index (χ1) is 11.9. The topological polar surface area (TPSA) is 65.7 Å². The van der Waals surface area contributed by atoms with Crippen LogP contribution < -0.4 is 10.2 Å². The van der Waals surface area contributed by atoms with Crippen LogP contribution in [0, 0.1) is 5.82 Å². The number of halogens is 1. The van der Waals surface area contributed by atoms with Crippen LogP contribution in [0.5, 0.6) is 5.75 Å². The fraction of sp³-hybridized carbons (Fsp3) is 0.611. The van der Waals surface area contributed by atoms with Gasteiger partial charge in [0.15, 0.2) is 5.82 Å². The third-order valence-corrected chi connectivity index (χ3v) is 5.57. The van der Waals surface area contributed by atoms with Gasteiger partial charge in [0.2, 0.25) is 0 Å². The Morgan fingerprint density at radius 2 is 1.85 bits per heavy atom. The molecule has 0 aliphatic carbocycles. The predicted octanol–water partition coefficient (Wildman–Crippen LogP) is 2.09. The molecular formula is C18H24BFN2O4. The Balaban J connectivity index is 1.93. The highest BCUT2D eigenvalue weighted by atomic mass is 19.1. The summed E-state index contributed by atoms with van der Waals surface area (Å²) >= 11 is 0. The van der Waals surface area contributed by atoms with E-state index in [1.165, 1.54) is 6.07 Å². The molecule has 1 N–H and O–H groups in total. The van der Waals surface area contributed by atoms with Crippen LogP contribution >= 0.6 is 0 Å². The predicted molar refractivity (Wildman–Crippen MR) is 96.1 cm³/mol. The van der Waals surface area contributed by atoms with Crippen molar-refractivity contribution >= 4 is 23.6 Å². The van der Waals surface area contributed by atoms with Gasteiger partial charge in [-0.15, -0.1) is 0 Å². The summed E-state index contributed by atoms with van der Waals surface area (Å²) in [5, 5.41) is 10.4. The molecule has 1 aromatic carbocycles. The van der Waals surface area contributed by atoms with Crippen molar-refractivity contribution in [2.75, 3.05) is 6.61 Å². The maximum Gasteiger partial charge on any atom is 0.498 e. The number of rotatable bonds is 2. The third-order valence-electron chi connectivity index (χ3n) is 5.57. The van der Waals surface area contributed by atoms with E-state index in [0.717, 1.165) is 0 Å². The summed E-state index contributed by atoms with van der Waals surface area (Å²) in [6.45, 7) is 12.0. The number of ether oxygens (including phenoxy) is 1. The van der Waals surface area contributed by atoms with Crippen molar-refractivity contribution in [3.05, 3.63) is 17.7 Å². The van der Waals surface area contributed by atoms with Crippen molar-refractivity contribution in [1.82, 2.24) is 9.55 Å². The largest absolute Gasteiger partial charge is 0.498 e. The molecule has 1 saturated heterocycles. The van der Waals surface area contributed by atoms with E-state index in [-0.39, 0.29) is 5.52 Å². The lowest BCUT2D eigenvalue weighted by Gasteiger charge is -2.32. The minimum absolute atomic E-state index is 0.192. The van der Waals surface area contributed by atoms with Crippen LogP contribution in [0.2, 0.25) is 0 Å². The molecule has 1 fully saturated rings. The standard InChI is InChI=1S/C18H24BFN2O4/c1-16(2,23)15-21-12-11(20)9-10(14-13(12)22(15)7-8-24-14)19-25-17(3,4)18(5,6)26-19/h9,23H,7-8H2,1-6H3. The first kappa shape index (κ1) is 17.8. The van der Waals surface area contributed by atoms with Crippen molar-refractivity contribution in [3.8, 4) is 5.75 Å². The molecule has 0 amide bonds. The summed E-state index contributed by atoms with van der Waals surface area (Å²) in [5.74, 6) is 0.444. The smallest absolute Gasteiger partial charge is 0.490 e. The van der Waals surface area contributed by atoms with Crippen molar-refractivity contribution in [2.24, 2.45) is 0 Å². The second kappa shape index (κ2) is 5.21. The van der Waals surface area contributed by atoms with E-state index in [0.29, 0.717) is 35.7 Å². The molecule has 2 aliphatic rings. The zero-order valence-corrected chi connectivity index (χ0v) is 16.0. The van der Waals surface area contributed by atoms with Crippen LogP contribution in [-0.4, -0.2) is 39.6 Å². The Hall–Kier alpha value is -1.64. The van der Waals surface area contributed by atoms with Crippen LogP contribution in [0.1, 0.15) is 47.4 Å². The molecule has 0 saturated carbocycles. The summed E-state index contributed by atoms with van der Waals surface area (Å²) in [4.78, 5) is 4.36. The summed E-state index contributed by atoms with van der Waals surface area (Å²) < 4.78 is 34.8. The highest BCUT2D eigenvalue weighted by molar-refractivity contribution is 6.63. The van der Waals surface area contributed by atoms with Gasteiger partial charge in [0.05, 0.1) is 17.7 Å². The minimum Gasteiger partial charge on any atom is -0.490 e. The Morgan fingerprint density at radius 1 is 1.23 bits per heavy atom. The molecule has 1 aromatic heterocycles. The number of aromatic nitrogens is 2. The summed E-state index contributed by atoms with van der Waals surface area (Å²) in [7, 11) is -0.735. The summed E-state index contributed by atoms with van der Waals surface area (Å²) in [6, 6.07) is 1.37. The van der Waals surface area contributed by atoms with Crippen LogP contribution in [0.25, 0.3) is 11.0 Å². The van der Waals surface area contributed by atoms with Gasteiger partial charge in [-0.1, -0.05) is 0 Å². The SMILES string of the molecule is CC(C)(O)c1nc2c(F)cc(B3OC(C)(C)C(C)(C)O3)c3c2n1CCO3. The van der Waals surface area contributed by atoms with Crippen molar-refractivity contribution < 1.29 is 23.5 Å². The number of hydrogen-bond acceptors (Lipinski definition) is 5. The molecule has 2 aromatic rings. The average molecular weight is 362 g/mol. The van der Waals surface area contributed by atoms with Crippen LogP contribution in [0.3, 0.4) is 0 Å². The Labute approximate surface area is 152 Å². The molecule has 3 heterocycles. The van der Waals surface area contributed by atoms with Crippen LogP contribution in [0.15, 0.2) is 6.07 Å². The Morgan fingerprint density at radius 3 is 2.42 bits per heavy atom. The van der Waals surface area contributed by atoms with E-state index < -0.39 is 29.7 Å². The lowest BCUT2D eigenvalue weighted by atomic mass is 9.77. The van der Waals surface area contributed by atoms with Gasteiger partial charge in [0, 0.05) is 5.46 Å². The fourth-order valence-corrected chi connectivity index (χ4v) is 3.48. The molecule has 8 heteroatoms. The second-order valence-corrected chi connectivity index (χ2v) is 8.56. The first-order valence-electron chi connectivity index (χ1n) is 8.86. The molecule has 2 aliphatic heterocycles. The molecule has 26 heavy (non-hydrogen) atoms. The molecular weight excluding hydrogens is 338 g/mol. The third kappa shape index (κ3) is 2.39. The summed E-state index contributed by atoms with van der Waals surface area (Å²) in [6.07, 6.45) is 0. The van der Waals surface area contributed by atoms with E-state index >= 15 is 0 Å². The molecule has 0 radical (unpaired) electrons. The van der Waals surface area contributed by atoms with Gasteiger partial charge in [-0.05, 0) is 47.6 Å². The number of imidazole rings is 1. The van der Waals surface area contributed by atoms with Gasteiger partial charge in [0.25, 0.3) is 0 Å². The fourth-order valence-electron chi connectivity index (χ4n) is 3.48. The van der Waals surface area contributed by atoms with Gasteiger partial charge in [-0.3, -0.25) is 0 Å². The molecule has 6 nitrogen and oxygen atoms in total. The van der Waals surface area contributed by atoms with Crippen molar-refractivity contribution in [3.63, 3.8) is 0 Å². The molecule has 0 spiro atoms. The highest BCUT2D eigenvalue weighted by Crippen LogP contribution is 2.39. The number of nitrogens with zero attached hydrogens (tertiary/aromatic N) is 2. The zero-order valence-electron chi connectivity index (χ0n) is 16.0. The van der Waals surface area contributed by atoms with Gasteiger partial charge < -0.3 is 23.7 Å². The zero-order chi connectivity index (χ0) is 19.1. The Bertz CT molecular complexity index is 885. The van der Waals surface area contributed by atoms with E-state index in [9.17, 15) is 9.50 Å². The molecule has 140 valence electrons. The maximum atomic E-state index is 14.9.